The smallest absolute Gasteiger partial charge is 0.259 e. The van der Waals surface area contributed by atoms with Gasteiger partial charge in [-0.15, -0.1) is 0 Å². The molecular formula is C21H22N2O3. The lowest BCUT2D eigenvalue weighted by atomic mass is 10.0. The number of epoxide rings is 1. The number of aromatic nitrogens is 2. The maximum atomic E-state index is 12.7. The zero-order valence-corrected chi connectivity index (χ0v) is 15.0. The van der Waals surface area contributed by atoms with Crippen LogP contribution in [0, 0.1) is 0 Å². The minimum absolute atomic E-state index is 0.0254. The number of benzene rings is 2. The van der Waals surface area contributed by atoms with Crippen LogP contribution in [0.2, 0.25) is 0 Å². The summed E-state index contributed by atoms with van der Waals surface area (Å²) in [7, 11) is 0. The first-order chi connectivity index (χ1) is 12.7. The van der Waals surface area contributed by atoms with Crippen molar-refractivity contribution in [3.63, 3.8) is 0 Å². The van der Waals surface area contributed by atoms with Gasteiger partial charge in [0.1, 0.15) is 17.7 Å². The monoisotopic (exact) mass is 350 g/mol. The first kappa shape index (κ1) is 16.8. The van der Waals surface area contributed by atoms with Gasteiger partial charge in [-0.1, -0.05) is 38.1 Å². The van der Waals surface area contributed by atoms with Gasteiger partial charge in [0.15, 0.2) is 0 Å². The summed E-state index contributed by atoms with van der Waals surface area (Å²) in [5, 5.41) is 0.587. The molecule has 0 aliphatic carbocycles. The Hall–Kier alpha value is -2.66. The number of hydrogen-bond acceptors (Lipinski definition) is 4. The van der Waals surface area contributed by atoms with Crippen molar-refractivity contribution in [2.45, 2.75) is 38.9 Å². The molecule has 2 heterocycles. The molecule has 0 spiro atoms. The fraction of sp³-hybridized carbons (Fsp3) is 0.333. The Morgan fingerprint density at radius 1 is 1.15 bits per heavy atom. The molecule has 2 unspecified atom stereocenters. The molecule has 134 valence electrons. The molecule has 2 atom stereocenters. The van der Waals surface area contributed by atoms with Crippen LogP contribution in [0.4, 0.5) is 0 Å². The van der Waals surface area contributed by atoms with E-state index in [9.17, 15) is 4.79 Å². The second-order valence-corrected chi connectivity index (χ2v) is 6.51. The van der Waals surface area contributed by atoms with Gasteiger partial charge in [0.05, 0.1) is 29.2 Å². The summed E-state index contributed by atoms with van der Waals surface area (Å²) < 4.78 is 11.6. The van der Waals surface area contributed by atoms with Gasteiger partial charge < -0.3 is 14.5 Å². The van der Waals surface area contributed by atoms with Gasteiger partial charge in [-0.3, -0.25) is 4.79 Å². The normalized spacial score (nSPS) is 18.8. The fourth-order valence-electron chi connectivity index (χ4n) is 3.27. The Kier molecular flexibility index (Phi) is 4.47. The van der Waals surface area contributed by atoms with E-state index < -0.39 is 0 Å². The van der Waals surface area contributed by atoms with E-state index in [1.54, 1.807) is 6.07 Å². The molecule has 1 aliphatic heterocycles. The third-order valence-corrected chi connectivity index (χ3v) is 4.66. The number of rotatable bonds is 6. The number of aromatic amines is 1. The molecule has 4 rings (SSSR count). The largest absolute Gasteiger partial charge is 0.493 e. The molecule has 0 radical (unpaired) electrons. The van der Waals surface area contributed by atoms with E-state index in [1.165, 1.54) is 0 Å². The molecule has 26 heavy (non-hydrogen) atoms. The predicted octanol–water partition coefficient (Wildman–Crippen LogP) is 4.23. The Bertz CT molecular complexity index is 996. The Morgan fingerprint density at radius 2 is 2.00 bits per heavy atom. The van der Waals surface area contributed by atoms with E-state index >= 15 is 0 Å². The minimum atomic E-state index is -0.147. The number of H-pyrrole nitrogens is 1. The summed E-state index contributed by atoms with van der Waals surface area (Å²) in [6.07, 6.45) is 2.10. The quantitative estimate of drug-likeness (QED) is 0.676. The van der Waals surface area contributed by atoms with Gasteiger partial charge in [0, 0.05) is 5.56 Å². The van der Waals surface area contributed by atoms with Crippen molar-refractivity contribution in [3.05, 3.63) is 58.4 Å². The molecule has 2 aromatic carbocycles. The number of fused-ring (bicyclic) bond motifs is 1. The van der Waals surface area contributed by atoms with Crippen LogP contribution in [0.3, 0.4) is 0 Å². The second kappa shape index (κ2) is 6.92. The summed E-state index contributed by atoms with van der Waals surface area (Å²) in [6, 6.07) is 13.3. The lowest BCUT2D eigenvalue weighted by Crippen LogP contribution is -2.11. The maximum absolute atomic E-state index is 12.7. The van der Waals surface area contributed by atoms with Gasteiger partial charge >= 0.3 is 0 Å². The standard InChI is InChI=1S/C21H22N2O3/c1-3-12-25-17-11-6-5-8-13(17)20-22-18-14(19-16(4-2)26-19)9-7-10-15(18)21(24)23-20/h5-11,16,19H,3-4,12H2,1-2H3,(H,22,23,24). The number of ether oxygens (including phenoxy) is 2. The van der Waals surface area contributed by atoms with Crippen LogP contribution in [0.25, 0.3) is 22.3 Å². The van der Waals surface area contributed by atoms with Crippen LogP contribution >= 0.6 is 0 Å². The Morgan fingerprint density at radius 3 is 2.77 bits per heavy atom. The van der Waals surface area contributed by atoms with Crippen molar-refractivity contribution < 1.29 is 9.47 Å². The highest BCUT2D eigenvalue weighted by molar-refractivity contribution is 5.83. The van der Waals surface area contributed by atoms with E-state index in [4.69, 9.17) is 14.5 Å². The van der Waals surface area contributed by atoms with E-state index in [0.717, 1.165) is 29.7 Å². The van der Waals surface area contributed by atoms with E-state index in [0.29, 0.717) is 23.3 Å². The molecule has 0 amide bonds. The van der Waals surface area contributed by atoms with E-state index in [2.05, 4.69) is 18.8 Å². The lowest BCUT2D eigenvalue weighted by molar-refractivity contribution is 0.318. The molecule has 3 aromatic rings. The Balaban J connectivity index is 1.85. The molecule has 0 saturated carbocycles. The molecule has 1 fully saturated rings. The van der Waals surface area contributed by atoms with Crippen LogP contribution < -0.4 is 10.3 Å². The molecule has 1 saturated heterocycles. The predicted molar refractivity (Wildman–Crippen MR) is 101 cm³/mol. The highest BCUT2D eigenvalue weighted by atomic mass is 16.6. The van der Waals surface area contributed by atoms with Crippen LogP contribution in [-0.2, 0) is 4.74 Å². The third kappa shape index (κ3) is 2.99. The van der Waals surface area contributed by atoms with Gasteiger partial charge in [0.2, 0.25) is 0 Å². The van der Waals surface area contributed by atoms with Crippen LogP contribution in [0.5, 0.6) is 5.75 Å². The average Bonchev–Trinajstić information content (AvgIpc) is 3.46. The van der Waals surface area contributed by atoms with Gasteiger partial charge in [-0.05, 0) is 31.0 Å². The minimum Gasteiger partial charge on any atom is -0.493 e. The van der Waals surface area contributed by atoms with Crippen LogP contribution in [0.1, 0.15) is 38.4 Å². The van der Waals surface area contributed by atoms with Gasteiger partial charge in [0.25, 0.3) is 5.56 Å². The summed E-state index contributed by atoms with van der Waals surface area (Å²) in [6.45, 7) is 4.78. The fourth-order valence-corrected chi connectivity index (χ4v) is 3.27. The van der Waals surface area contributed by atoms with E-state index in [-0.39, 0.29) is 17.8 Å². The van der Waals surface area contributed by atoms with Crippen molar-refractivity contribution in [3.8, 4) is 17.1 Å². The van der Waals surface area contributed by atoms with Crippen molar-refractivity contribution >= 4 is 10.9 Å². The molecular weight excluding hydrogens is 328 g/mol. The number of hydrogen-bond donors (Lipinski definition) is 1. The molecule has 5 nitrogen and oxygen atoms in total. The molecule has 1 N–H and O–H groups in total. The first-order valence-corrected chi connectivity index (χ1v) is 9.13. The SMILES string of the molecule is CCCOc1ccccc1-c1nc2c(C3OC3CC)cccc2c(=O)[nH]1. The van der Waals surface area contributed by atoms with E-state index in [1.807, 2.05) is 36.4 Å². The second-order valence-electron chi connectivity index (χ2n) is 6.51. The summed E-state index contributed by atoms with van der Waals surface area (Å²) in [4.78, 5) is 20.4. The van der Waals surface area contributed by atoms with Crippen LogP contribution in [0.15, 0.2) is 47.3 Å². The number of para-hydroxylation sites is 2. The zero-order valence-electron chi connectivity index (χ0n) is 15.0. The lowest BCUT2D eigenvalue weighted by Gasteiger charge is -2.11. The highest BCUT2D eigenvalue weighted by Crippen LogP contribution is 2.42. The number of nitrogens with one attached hydrogen (secondary N) is 1. The topological polar surface area (TPSA) is 67.5 Å². The number of nitrogens with zero attached hydrogens (tertiary/aromatic N) is 1. The Labute approximate surface area is 152 Å². The van der Waals surface area contributed by atoms with Crippen molar-refractivity contribution in [2.75, 3.05) is 6.61 Å². The summed E-state index contributed by atoms with van der Waals surface area (Å²) >= 11 is 0. The van der Waals surface area contributed by atoms with Crippen molar-refractivity contribution in [1.82, 2.24) is 9.97 Å². The summed E-state index contributed by atoms with van der Waals surface area (Å²) in [5.41, 5.74) is 2.33. The molecule has 1 aromatic heterocycles. The first-order valence-electron chi connectivity index (χ1n) is 9.13. The molecule has 1 aliphatic rings. The van der Waals surface area contributed by atoms with Crippen LogP contribution in [-0.4, -0.2) is 22.7 Å². The van der Waals surface area contributed by atoms with Gasteiger partial charge in [-0.25, -0.2) is 4.98 Å². The van der Waals surface area contributed by atoms with Crippen molar-refractivity contribution in [1.29, 1.82) is 0 Å². The third-order valence-electron chi connectivity index (χ3n) is 4.66. The molecule has 0 bridgehead atoms. The zero-order chi connectivity index (χ0) is 18.1. The maximum Gasteiger partial charge on any atom is 0.259 e. The summed E-state index contributed by atoms with van der Waals surface area (Å²) in [5.74, 6) is 1.25. The average molecular weight is 350 g/mol. The molecule has 5 heteroatoms. The van der Waals surface area contributed by atoms with Crippen molar-refractivity contribution in [2.24, 2.45) is 0 Å². The van der Waals surface area contributed by atoms with Gasteiger partial charge in [-0.2, -0.15) is 0 Å². The highest BCUT2D eigenvalue weighted by Gasteiger charge is 2.39.